The number of aliphatic hydroxyl groups is 5. The third-order valence-electron chi connectivity index (χ3n) is 6.35. The number of aliphatic hydroxyl groups excluding tert-OH is 5. The zero-order valence-electron chi connectivity index (χ0n) is 22.4. The van der Waals surface area contributed by atoms with Gasteiger partial charge in [0.15, 0.2) is 23.7 Å². The largest absolute Gasteiger partial charge is 0.483 e. The van der Waals surface area contributed by atoms with E-state index in [1.807, 2.05) is 0 Å². The van der Waals surface area contributed by atoms with Crippen LogP contribution in [0.5, 0.6) is 0 Å². The lowest BCUT2D eigenvalue weighted by Gasteiger charge is -2.40. The number of carbonyl (C=O) groups is 1. The summed E-state index contributed by atoms with van der Waals surface area (Å²) in [6.45, 7) is -2.24. The number of fused-ring (bicyclic) bond motifs is 1. The Bertz CT molecular complexity index is 1600. The minimum absolute atomic E-state index is 0.133. The van der Waals surface area contributed by atoms with Crippen molar-refractivity contribution in [1.82, 2.24) is 24.8 Å². The molecule has 2 aromatic heterocycles. The van der Waals surface area contributed by atoms with Crippen molar-refractivity contribution in [3.8, 4) is 0 Å². The number of phosphoric acid groups is 2. The molecule has 2 fully saturated rings. The summed E-state index contributed by atoms with van der Waals surface area (Å²) in [5, 5.41) is 56.3. The van der Waals surface area contributed by atoms with Gasteiger partial charge in [0.05, 0.1) is 12.9 Å². The number of azide groups is 1. The molecule has 0 saturated carbocycles. The predicted molar refractivity (Wildman–Crippen MR) is 140 cm³/mol. The van der Waals surface area contributed by atoms with Crippen molar-refractivity contribution >= 4 is 38.7 Å². The molecule has 4 rings (SSSR count). The highest BCUT2D eigenvalue weighted by Gasteiger charge is 2.50. The van der Waals surface area contributed by atoms with E-state index >= 15 is 0 Å². The first-order valence-electron chi connectivity index (χ1n) is 12.4. The van der Waals surface area contributed by atoms with Crippen molar-refractivity contribution in [2.75, 3.05) is 25.4 Å². The molecule has 0 aliphatic carbocycles. The normalized spacial score (nSPS) is 32.8. The van der Waals surface area contributed by atoms with Crippen LogP contribution in [-0.4, -0.2) is 129 Å². The SMILES string of the molecule is [N-]=[N+]=NCC(=O)NCC1O[C@H](OP(=O)(O)OP(=O)(O)OC[C@H]2O[C@@H](n3cnc4c(=O)[nH]c(N)nc43)[C@@H](O)[C@H]2O)C(O)C(O)[C@@H]1O. The zero-order valence-corrected chi connectivity index (χ0v) is 24.1. The van der Waals surface area contributed by atoms with Crippen LogP contribution in [0.1, 0.15) is 6.23 Å². The topological polar surface area (TPSA) is 389 Å². The molecular formula is C18H27N9O16P2. The van der Waals surface area contributed by atoms with Gasteiger partial charge < -0.3 is 55.8 Å². The van der Waals surface area contributed by atoms with Crippen molar-refractivity contribution in [3.05, 3.63) is 27.1 Å². The number of nitrogens with two attached hydrogens (primary N) is 1. The number of nitrogens with zero attached hydrogens (tertiary/aromatic N) is 6. The Morgan fingerprint density at radius 3 is 2.49 bits per heavy atom. The van der Waals surface area contributed by atoms with E-state index in [0.717, 1.165) is 10.9 Å². The molecule has 11 atom stereocenters. The molecule has 2 aliphatic heterocycles. The van der Waals surface area contributed by atoms with E-state index in [1.54, 1.807) is 0 Å². The molecule has 25 nitrogen and oxygen atoms in total. The van der Waals surface area contributed by atoms with Gasteiger partial charge in [-0.1, -0.05) is 5.11 Å². The van der Waals surface area contributed by atoms with Crippen LogP contribution in [0.4, 0.5) is 5.95 Å². The lowest BCUT2D eigenvalue weighted by Crippen LogP contribution is -2.60. The molecule has 11 N–H and O–H groups in total. The minimum Gasteiger partial charge on any atom is -0.388 e. The van der Waals surface area contributed by atoms with Gasteiger partial charge in [-0.05, 0) is 5.53 Å². The predicted octanol–water partition coefficient (Wildman–Crippen LogP) is -4.19. The average Bonchev–Trinajstić information content (AvgIpc) is 3.50. The summed E-state index contributed by atoms with van der Waals surface area (Å²) in [6.07, 6.45) is -15.5. The lowest BCUT2D eigenvalue weighted by molar-refractivity contribution is -0.273. The molecule has 0 bridgehead atoms. The van der Waals surface area contributed by atoms with Crippen molar-refractivity contribution in [3.63, 3.8) is 0 Å². The number of phosphoric ester groups is 2. The first-order chi connectivity index (χ1) is 21.0. The van der Waals surface area contributed by atoms with Gasteiger partial charge in [-0.25, -0.2) is 14.1 Å². The Labute approximate surface area is 248 Å². The molecule has 5 unspecified atom stereocenters. The number of nitrogen functional groups attached to an aromatic ring is 1. The van der Waals surface area contributed by atoms with Crippen molar-refractivity contribution in [2.24, 2.45) is 5.11 Å². The Kier molecular flexibility index (Phi) is 10.6. The molecule has 0 radical (unpaired) electrons. The van der Waals surface area contributed by atoms with E-state index < -0.39 is 102 Å². The maximum Gasteiger partial charge on any atom is 0.483 e. The minimum atomic E-state index is -5.70. The molecule has 2 aromatic rings. The van der Waals surface area contributed by atoms with E-state index in [9.17, 15) is 54.0 Å². The second-order valence-electron chi connectivity index (χ2n) is 9.45. The quantitative estimate of drug-likeness (QED) is 0.0437. The summed E-state index contributed by atoms with van der Waals surface area (Å²) < 4.78 is 49.9. The number of carbonyl (C=O) groups excluding carboxylic acids is 1. The van der Waals surface area contributed by atoms with Gasteiger partial charge >= 0.3 is 15.6 Å². The van der Waals surface area contributed by atoms with Crippen LogP contribution in [0, 0.1) is 0 Å². The molecular weight excluding hydrogens is 660 g/mol. The first kappa shape index (κ1) is 34.8. The fourth-order valence-electron chi connectivity index (χ4n) is 4.24. The molecule has 250 valence electrons. The van der Waals surface area contributed by atoms with E-state index in [-0.39, 0.29) is 17.1 Å². The summed E-state index contributed by atoms with van der Waals surface area (Å²) in [5.41, 5.74) is 12.8. The highest BCUT2D eigenvalue weighted by Crippen LogP contribution is 2.61. The Hall–Kier alpha value is -3.09. The van der Waals surface area contributed by atoms with Crippen molar-refractivity contribution in [1.29, 1.82) is 0 Å². The maximum atomic E-state index is 12.5. The maximum absolute atomic E-state index is 12.5. The number of aromatic amines is 1. The summed E-state index contributed by atoms with van der Waals surface area (Å²) in [4.78, 5) is 56.0. The van der Waals surface area contributed by atoms with E-state index in [0.29, 0.717) is 0 Å². The van der Waals surface area contributed by atoms with Crippen LogP contribution in [0.2, 0.25) is 0 Å². The van der Waals surface area contributed by atoms with Crippen LogP contribution < -0.4 is 16.6 Å². The van der Waals surface area contributed by atoms with Crippen molar-refractivity contribution < 1.29 is 72.1 Å². The Morgan fingerprint density at radius 2 is 1.80 bits per heavy atom. The number of hydrogen-bond acceptors (Lipinski definition) is 18. The molecule has 1 amide bonds. The van der Waals surface area contributed by atoms with Crippen LogP contribution >= 0.6 is 15.6 Å². The average molecular weight is 687 g/mol. The number of nitrogens with one attached hydrogen (secondary N) is 2. The summed E-state index contributed by atoms with van der Waals surface area (Å²) in [5.74, 6) is -1.13. The van der Waals surface area contributed by atoms with Gasteiger partial charge in [-0.2, -0.15) is 9.29 Å². The molecule has 0 spiro atoms. The number of hydrogen-bond donors (Lipinski definition) is 10. The van der Waals surface area contributed by atoms with Crippen LogP contribution in [-0.2, 0) is 36.8 Å². The van der Waals surface area contributed by atoms with E-state index in [1.165, 1.54) is 0 Å². The van der Waals surface area contributed by atoms with Gasteiger partial charge in [0.25, 0.3) is 5.56 Å². The first-order valence-corrected chi connectivity index (χ1v) is 15.4. The Balaban J connectivity index is 1.36. The van der Waals surface area contributed by atoms with E-state index in [4.69, 9.17) is 20.7 Å². The highest BCUT2D eigenvalue weighted by atomic mass is 31.3. The number of H-pyrrole nitrogens is 1. The molecule has 4 heterocycles. The molecule has 45 heavy (non-hydrogen) atoms. The number of imidazole rings is 1. The number of ether oxygens (including phenoxy) is 2. The number of anilines is 1. The Morgan fingerprint density at radius 1 is 1.11 bits per heavy atom. The standard InChI is InChI=1S/C18H27N9O16P2/c19-18-24-14-8(15(34)25-18)22-4-27(14)16-12(32)10(30)6(40-16)3-39-44(35,36)43-45(37,38)42-17-13(33)11(31)9(29)5(41-17)1-21-7(28)2-23-26-20/h4-6,9-13,16-17,29-33H,1-3H2,(H,21,28)(H,35,36)(H,37,38)(H3,19,24,25,34)/t5?,6-,9-,10+,11?,12+,13?,16-,17-/m1/s1. The van der Waals surface area contributed by atoms with Gasteiger partial charge in [0.2, 0.25) is 11.9 Å². The third-order valence-corrected chi connectivity index (χ3v) is 8.95. The summed E-state index contributed by atoms with van der Waals surface area (Å²) >= 11 is 0. The molecule has 0 aromatic carbocycles. The highest BCUT2D eigenvalue weighted by molar-refractivity contribution is 7.61. The number of rotatable bonds is 12. The molecule has 2 aliphatic rings. The van der Waals surface area contributed by atoms with Crippen LogP contribution in [0.3, 0.4) is 0 Å². The second kappa shape index (κ2) is 13.7. The van der Waals surface area contributed by atoms with E-state index in [2.05, 4.69) is 43.7 Å². The van der Waals surface area contributed by atoms with Gasteiger partial charge in [0.1, 0.15) is 49.3 Å². The third kappa shape index (κ3) is 8.01. The van der Waals surface area contributed by atoms with Crippen LogP contribution in [0.25, 0.3) is 21.6 Å². The number of aromatic nitrogens is 4. The summed E-state index contributed by atoms with van der Waals surface area (Å²) in [7, 11) is -11.3. The lowest BCUT2D eigenvalue weighted by atomic mass is 9.99. The number of amides is 1. The van der Waals surface area contributed by atoms with Crippen LogP contribution in [0.15, 0.2) is 16.2 Å². The fourth-order valence-corrected chi connectivity index (χ4v) is 6.39. The van der Waals surface area contributed by atoms with Gasteiger partial charge in [0, 0.05) is 11.5 Å². The van der Waals surface area contributed by atoms with Crippen molar-refractivity contribution in [2.45, 2.75) is 55.2 Å². The monoisotopic (exact) mass is 687 g/mol. The van der Waals surface area contributed by atoms with Gasteiger partial charge in [-0.3, -0.25) is 28.2 Å². The fraction of sp³-hybridized carbons (Fsp3) is 0.667. The van der Waals surface area contributed by atoms with Gasteiger partial charge in [-0.15, -0.1) is 0 Å². The molecule has 27 heteroatoms. The smallest absolute Gasteiger partial charge is 0.388 e. The zero-order chi connectivity index (χ0) is 33.3. The summed E-state index contributed by atoms with van der Waals surface area (Å²) in [6, 6.07) is 0. The molecule has 2 saturated heterocycles. The second-order valence-corrected chi connectivity index (χ2v) is 12.4.